The molecular formula is C12H24NO6S+. The molecule has 0 aromatic rings. The van der Waals surface area contributed by atoms with Crippen molar-refractivity contribution in [2.45, 2.75) is 19.4 Å². The van der Waals surface area contributed by atoms with Gasteiger partial charge in [-0.05, 0) is 6.92 Å². The largest absolute Gasteiger partial charge is 0.462 e. The van der Waals surface area contributed by atoms with Crippen molar-refractivity contribution in [3.8, 4) is 0 Å². The Bertz CT molecular complexity index is 443. The maximum Gasteiger partial charge on any atom is 0.333 e. The number of hydrogen-bond donors (Lipinski definition) is 2. The zero-order valence-corrected chi connectivity index (χ0v) is 13.0. The molecule has 0 aliphatic heterocycles. The van der Waals surface area contributed by atoms with Gasteiger partial charge < -0.3 is 14.3 Å². The summed E-state index contributed by atoms with van der Waals surface area (Å²) in [5.74, 6) is -1.12. The van der Waals surface area contributed by atoms with E-state index in [2.05, 4.69) is 6.58 Å². The summed E-state index contributed by atoms with van der Waals surface area (Å²) in [7, 11) is -0.554. The molecule has 0 bridgehead atoms. The van der Waals surface area contributed by atoms with Gasteiger partial charge in [0.2, 0.25) is 0 Å². The van der Waals surface area contributed by atoms with Crippen LogP contribution in [-0.4, -0.2) is 74.2 Å². The molecule has 0 aromatic heterocycles. The highest BCUT2D eigenvalue weighted by Crippen LogP contribution is 2.04. The van der Waals surface area contributed by atoms with E-state index in [1.807, 2.05) is 14.1 Å². The van der Waals surface area contributed by atoms with Crippen molar-refractivity contribution >= 4 is 16.1 Å². The molecule has 0 saturated heterocycles. The molecular weight excluding hydrogens is 286 g/mol. The summed E-state index contributed by atoms with van der Waals surface area (Å²) in [6, 6.07) is 0. The Morgan fingerprint density at radius 3 is 2.40 bits per heavy atom. The van der Waals surface area contributed by atoms with Gasteiger partial charge in [0.15, 0.2) is 0 Å². The van der Waals surface area contributed by atoms with Gasteiger partial charge in [-0.1, -0.05) is 6.58 Å². The summed E-state index contributed by atoms with van der Waals surface area (Å²) >= 11 is 0. The molecule has 118 valence electrons. The molecule has 0 radical (unpaired) electrons. The lowest BCUT2D eigenvalue weighted by atomic mass is 10.3. The van der Waals surface area contributed by atoms with Gasteiger partial charge in [0.25, 0.3) is 10.1 Å². The van der Waals surface area contributed by atoms with E-state index in [1.54, 1.807) is 6.92 Å². The van der Waals surface area contributed by atoms with Crippen LogP contribution in [0.3, 0.4) is 0 Å². The molecule has 0 aliphatic rings. The number of carbonyl (C=O) groups excluding carboxylic acids is 1. The lowest BCUT2D eigenvalue weighted by molar-refractivity contribution is -0.893. The van der Waals surface area contributed by atoms with Gasteiger partial charge in [-0.25, -0.2) is 4.79 Å². The first-order valence-electron chi connectivity index (χ1n) is 6.21. The minimum Gasteiger partial charge on any atom is -0.462 e. The van der Waals surface area contributed by atoms with E-state index in [1.165, 1.54) is 0 Å². The van der Waals surface area contributed by atoms with Crippen molar-refractivity contribution in [3.05, 3.63) is 12.2 Å². The monoisotopic (exact) mass is 310 g/mol. The van der Waals surface area contributed by atoms with Crippen LogP contribution in [0.4, 0.5) is 0 Å². The number of hydrogen-bond acceptors (Lipinski definition) is 5. The van der Waals surface area contributed by atoms with Crippen LogP contribution in [0.25, 0.3) is 0 Å². The maximum atomic E-state index is 11.1. The van der Waals surface area contributed by atoms with Gasteiger partial charge >= 0.3 is 5.97 Å². The minimum atomic E-state index is -4.18. The Morgan fingerprint density at radius 1 is 1.40 bits per heavy atom. The second kappa shape index (κ2) is 7.72. The molecule has 0 spiro atoms. The van der Waals surface area contributed by atoms with Crippen molar-refractivity contribution < 1.29 is 32.1 Å². The van der Waals surface area contributed by atoms with Gasteiger partial charge in [-0.15, -0.1) is 0 Å². The van der Waals surface area contributed by atoms with Crippen molar-refractivity contribution in [1.82, 2.24) is 0 Å². The van der Waals surface area contributed by atoms with E-state index in [9.17, 15) is 18.3 Å². The smallest absolute Gasteiger partial charge is 0.333 e. The van der Waals surface area contributed by atoms with E-state index in [-0.39, 0.29) is 13.2 Å². The number of likely N-dealkylation sites (N-methyl/N-ethyl adjacent to an activating group) is 1. The van der Waals surface area contributed by atoms with Crippen molar-refractivity contribution in [2.24, 2.45) is 0 Å². The molecule has 0 rings (SSSR count). The second-order valence-corrected chi connectivity index (χ2v) is 7.01. The van der Waals surface area contributed by atoms with Crippen LogP contribution in [0.2, 0.25) is 0 Å². The predicted octanol–water partition coefficient (Wildman–Crippen LogP) is -0.179. The molecule has 0 fully saturated rings. The first-order chi connectivity index (χ1) is 8.93. The summed E-state index contributed by atoms with van der Waals surface area (Å²) < 4.78 is 35.2. The Labute approximate surface area is 120 Å². The number of esters is 1. The van der Waals surface area contributed by atoms with E-state index in [4.69, 9.17) is 9.29 Å². The highest BCUT2D eigenvalue weighted by atomic mass is 32.2. The fourth-order valence-electron chi connectivity index (χ4n) is 1.74. The van der Waals surface area contributed by atoms with Crippen LogP contribution in [0, 0.1) is 0 Å². The average Bonchev–Trinajstić information content (AvgIpc) is 2.19. The van der Waals surface area contributed by atoms with Crippen LogP contribution in [-0.2, 0) is 19.6 Å². The third-order valence-electron chi connectivity index (χ3n) is 2.60. The normalized spacial score (nSPS) is 13.8. The van der Waals surface area contributed by atoms with Gasteiger partial charge in [-0.3, -0.25) is 4.55 Å². The number of carbonyl (C=O) groups is 1. The zero-order chi connectivity index (χ0) is 16.0. The Hall–Kier alpha value is -0.960. The van der Waals surface area contributed by atoms with Crippen LogP contribution in [0.15, 0.2) is 12.2 Å². The van der Waals surface area contributed by atoms with E-state index in [0.717, 1.165) is 0 Å². The molecule has 0 heterocycles. The zero-order valence-electron chi connectivity index (χ0n) is 12.2. The first-order valence-corrected chi connectivity index (χ1v) is 7.82. The summed E-state index contributed by atoms with van der Waals surface area (Å²) in [6.45, 7) is 6.03. The van der Waals surface area contributed by atoms with Gasteiger partial charge in [0.05, 0.1) is 27.2 Å². The standard InChI is InChI=1S/C12H23NO6S/c1-10(2)12(15)19-7-5-6-13(3,4)8-11(14)9-20(16,17)18/h11,14H,1,5-9H2,2-4H3/p+1. The third-order valence-corrected chi connectivity index (χ3v) is 3.40. The molecule has 8 heteroatoms. The van der Waals surface area contributed by atoms with E-state index < -0.39 is 27.9 Å². The van der Waals surface area contributed by atoms with E-state index >= 15 is 0 Å². The maximum absolute atomic E-state index is 11.1. The van der Waals surface area contributed by atoms with Crippen LogP contribution < -0.4 is 0 Å². The number of rotatable bonds is 9. The third kappa shape index (κ3) is 9.90. The van der Waals surface area contributed by atoms with Gasteiger partial charge in [-0.2, -0.15) is 8.42 Å². The summed E-state index contributed by atoms with van der Waals surface area (Å²) in [4.78, 5) is 11.1. The lowest BCUT2D eigenvalue weighted by Crippen LogP contribution is -2.47. The molecule has 7 nitrogen and oxygen atoms in total. The first kappa shape index (κ1) is 19.0. The second-order valence-electron chi connectivity index (χ2n) is 5.51. The molecule has 0 aromatic carbocycles. The molecule has 1 atom stereocenters. The molecule has 0 aliphatic carbocycles. The summed E-state index contributed by atoms with van der Waals surface area (Å²) in [5, 5.41) is 9.59. The highest BCUT2D eigenvalue weighted by Gasteiger charge is 2.24. The number of ether oxygens (including phenoxy) is 1. The Morgan fingerprint density at radius 2 is 1.95 bits per heavy atom. The Kier molecular flexibility index (Phi) is 7.35. The van der Waals surface area contributed by atoms with Gasteiger partial charge in [0, 0.05) is 12.0 Å². The van der Waals surface area contributed by atoms with Crippen LogP contribution in [0.5, 0.6) is 0 Å². The number of aliphatic hydroxyl groups excluding tert-OH is 1. The molecule has 0 saturated carbocycles. The molecule has 20 heavy (non-hydrogen) atoms. The molecule has 0 amide bonds. The predicted molar refractivity (Wildman–Crippen MR) is 74.7 cm³/mol. The van der Waals surface area contributed by atoms with Crippen molar-refractivity contribution in [1.29, 1.82) is 0 Å². The van der Waals surface area contributed by atoms with Crippen LogP contribution >= 0.6 is 0 Å². The minimum absolute atomic E-state index is 0.175. The SMILES string of the molecule is C=C(C)C(=O)OCCC[N+](C)(C)CC(O)CS(=O)(=O)O. The topological polar surface area (TPSA) is 101 Å². The highest BCUT2D eigenvalue weighted by molar-refractivity contribution is 7.85. The van der Waals surface area contributed by atoms with Crippen molar-refractivity contribution in [3.63, 3.8) is 0 Å². The van der Waals surface area contributed by atoms with Crippen LogP contribution in [0.1, 0.15) is 13.3 Å². The van der Waals surface area contributed by atoms with Gasteiger partial charge in [0.1, 0.15) is 18.4 Å². The fourth-order valence-corrected chi connectivity index (χ4v) is 2.33. The van der Waals surface area contributed by atoms with E-state index in [0.29, 0.717) is 23.0 Å². The molecule has 2 N–H and O–H groups in total. The average molecular weight is 310 g/mol. The Balaban J connectivity index is 4.07. The summed E-state index contributed by atoms with van der Waals surface area (Å²) in [6.07, 6.45) is -0.567. The number of nitrogens with zero attached hydrogens (tertiary/aromatic N) is 1. The number of aliphatic hydroxyl groups is 1. The van der Waals surface area contributed by atoms with Crippen molar-refractivity contribution in [2.75, 3.05) is 39.5 Å². The number of quaternary nitrogens is 1. The fraction of sp³-hybridized carbons (Fsp3) is 0.750. The quantitative estimate of drug-likeness (QED) is 0.201. The lowest BCUT2D eigenvalue weighted by Gasteiger charge is -2.31. The molecule has 1 unspecified atom stereocenters. The summed E-state index contributed by atoms with van der Waals surface area (Å²) in [5.41, 5.74) is 0.335.